The maximum absolute atomic E-state index is 11.8. The van der Waals surface area contributed by atoms with E-state index in [-0.39, 0.29) is 22.8 Å². The first kappa shape index (κ1) is 17.9. The van der Waals surface area contributed by atoms with Gasteiger partial charge in [-0.3, -0.25) is 10.1 Å². The van der Waals surface area contributed by atoms with Gasteiger partial charge in [-0.2, -0.15) is 0 Å². The number of non-ortho nitro benzene ring substituents is 1. The molecule has 0 aliphatic heterocycles. The van der Waals surface area contributed by atoms with Crippen LogP contribution in [0.1, 0.15) is 5.56 Å². The van der Waals surface area contributed by atoms with Gasteiger partial charge in [0, 0.05) is 31.4 Å². The highest BCUT2D eigenvalue weighted by molar-refractivity contribution is 7.90. The highest BCUT2D eigenvalue weighted by atomic mass is 32.2. The standard InChI is InChI=1S/C16H18N2O5S/c1-24(22,23)16-10-13(18(20)21)7-8-15(16)17-11-14(19)9-12-5-3-2-4-6-12/h2-8,10,14,17,19H,9,11H2,1H3. The van der Waals surface area contributed by atoms with E-state index in [0.29, 0.717) is 6.42 Å². The lowest BCUT2D eigenvalue weighted by molar-refractivity contribution is -0.385. The summed E-state index contributed by atoms with van der Waals surface area (Å²) in [6, 6.07) is 13.0. The molecule has 2 N–H and O–H groups in total. The summed E-state index contributed by atoms with van der Waals surface area (Å²) in [4.78, 5) is 10.00. The highest BCUT2D eigenvalue weighted by Gasteiger charge is 2.19. The molecule has 1 atom stereocenters. The highest BCUT2D eigenvalue weighted by Crippen LogP contribution is 2.26. The Bertz CT molecular complexity index is 822. The minimum Gasteiger partial charge on any atom is -0.391 e. The number of sulfone groups is 1. The number of aliphatic hydroxyl groups is 1. The largest absolute Gasteiger partial charge is 0.391 e. The molecule has 1 unspecified atom stereocenters. The third-order valence-corrected chi connectivity index (χ3v) is 4.55. The van der Waals surface area contributed by atoms with Gasteiger partial charge >= 0.3 is 0 Å². The quantitative estimate of drug-likeness (QED) is 0.584. The van der Waals surface area contributed by atoms with Crippen molar-refractivity contribution in [2.75, 3.05) is 18.1 Å². The van der Waals surface area contributed by atoms with Gasteiger partial charge < -0.3 is 10.4 Å². The number of aliphatic hydroxyl groups excluding tert-OH is 1. The summed E-state index contributed by atoms with van der Waals surface area (Å²) in [6.45, 7) is 0.120. The Morgan fingerprint density at radius 3 is 2.46 bits per heavy atom. The van der Waals surface area contributed by atoms with Gasteiger partial charge in [0.2, 0.25) is 0 Å². The van der Waals surface area contributed by atoms with Crippen LogP contribution in [-0.2, 0) is 16.3 Å². The normalized spacial score (nSPS) is 12.6. The second-order valence-electron chi connectivity index (χ2n) is 5.43. The van der Waals surface area contributed by atoms with Gasteiger partial charge in [0.05, 0.1) is 21.6 Å². The number of rotatable bonds is 7. The number of hydrogen-bond donors (Lipinski definition) is 2. The number of nitrogens with one attached hydrogen (secondary N) is 1. The molecule has 0 saturated heterocycles. The average Bonchev–Trinajstić information content (AvgIpc) is 2.52. The molecule has 0 aliphatic rings. The van der Waals surface area contributed by atoms with Crippen LogP contribution in [0.4, 0.5) is 11.4 Å². The van der Waals surface area contributed by atoms with Crippen molar-refractivity contribution in [2.45, 2.75) is 17.4 Å². The summed E-state index contributed by atoms with van der Waals surface area (Å²) in [5.74, 6) is 0. The van der Waals surface area contributed by atoms with Crippen molar-refractivity contribution in [3.8, 4) is 0 Å². The molecular formula is C16H18N2O5S. The van der Waals surface area contributed by atoms with Crippen LogP contribution in [0.15, 0.2) is 53.4 Å². The summed E-state index contributed by atoms with van der Waals surface area (Å²) < 4.78 is 23.7. The molecule has 0 aliphatic carbocycles. The molecule has 0 aromatic heterocycles. The van der Waals surface area contributed by atoms with Crippen LogP contribution in [-0.4, -0.2) is 37.4 Å². The number of nitrogens with zero attached hydrogens (tertiary/aromatic N) is 1. The summed E-state index contributed by atoms with van der Waals surface area (Å²) >= 11 is 0. The molecule has 0 bridgehead atoms. The smallest absolute Gasteiger partial charge is 0.270 e. The Morgan fingerprint density at radius 1 is 1.21 bits per heavy atom. The van der Waals surface area contributed by atoms with Crippen molar-refractivity contribution in [3.05, 3.63) is 64.2 Å². The van der Waals surface area contributed by atoms with E-state index in [1.807, 2.05) is 30.3 Å². The van der Waals surface area contributed by atoms with Crippen LogP contribution >= 0.6 is 0 Å². The number of hydrogen-bond acceptors (Lipinski definition) is 6. The predicted octanol–water partition coefficient (Wildman–Crippen LogP) is 2.01. The lowest BCUT2D eigenvalue weighted by atomic mass is 10.1. The predicted molar refractivity (Wildman–Crippen MR) is 90.8 cm³/mol. The van der Waals surface area contributed by atoms with Crippen molar-refractivity contribution in [1.82, 2.24) is 0 Å². The monoisotopic (exact) mass is 350 g/mol. The maximum Gasteiger partial charge on any atom is 0.270 e. The molecule has 0 saturated carbocycles. The minimum absolute atomic E-state index is 0.120. The van der Waals surface area contributed by atoms with E-state index in [4.69, 9.17) is 0 Å². The fourth-order valence-electron chi connectivity index (χ4n) is 2.26. The van der Waals surface area contributed by atoms with E-state index < -0.39 is 20.9 Å². The SMILES string of the molecule is CS(=O)(=O)c1cc([N+](=O)[O-])ccc1NCC(O)Cc1ccccc1. The lowest BCUT2D eigenvalue weighted by Crippen LogP contribution is -2.22. The van der Waals surface area contributed by atoms with Crippen LogP contribution < -0.4 is 5.32 Å². The molecule has 8 heteroatoms. The zero-order valence-electron chi connectivity index (χ0n) is 13.0. The summed E-state index contributed by atoms with van der Waals surface area (Å²) in [7, 11) is -3.64. The molecule has 2 aromatic carbocycles. The summed E-state index contributed by atoms with van der Waals surface area (Å²) in [5, 5.41) is 23.7. The van der Waals surface area contributed by atoms with E-state index >= 15 is 0 Å². The molecular weight excluding hydrogens is 332 g/mol. The minimum atomic E-state index is -3.64. The number of anilines is 1. The van der Waals surface area contributed by atoms with Crippen molar-refractivity contribution in [3.63, 3.8) is 0 Å². The maximum atomic E-state index is 11.8. The second-order valence-corrected chi connectivity index (χ2v) is 7.42. The molecule has 7 nitrogen and oxygen atoms in total. The van der Waals surface area contributed by atoms with Crippen molar-refractivity contribution in [1.29, 1.82) is 0 Å². The van der Waals surface area contributed by atoms with Gasteiger partial charge in [-0.15, -0.1) is 0 Å². The van der Waals surface area contributed by atoms with Gasteiger partial charge in [0.1, 0.15) is 0 Å². The Kier molecular flexibility index (Phi) is 5.53. The number of benzene rings is 2. The third-order valence-electron chi connectivity index (χ3n) is 3.42. The number of nitro groups is 1. The Morgan fingerprint density at radius 2 is 1.88 bits per heavy atom. The molecule has 0 spiro atoms. The Hall–Kier alpha value is -2.45. The molecule has 24 heavy (non-hydrogen) atoms. The molecule has 0 amide bonds. The van der Waals surface area contributed by atoms with Crippen LogP contribution in [0.5, 0.6) is 0 Å². The van der Waals surface area contributed by atoms with Crippen molar-refractivity contribution >= 4 is 21.2 Å². The van der Waals surface area contributed by atoms with Crippen molar-refractivity contribution in [2.24, 2.45) is 0 Å². The molecule has 128 valence electrons. The molecule has 0 radical (unpaired) electrons. The first-order chi connectivity index (χ1) is 11.3. The van der Waals surface area contributed by atoms with Crippen LogP contribution in [0.2, 0.25) is 0 Å². The second kappa shape index (κ2) is 7.41. The van der Waals surface area contributed by atoms with Crippen LogP contribution in [0.3, 0.4) is 0 Å². The van der Waals surface area contributed by atoms with E-state index in [2.05, 4.69) is 5.32 Å². The third kappa shape index (κ3) is 4.77. The van der Waals surface area contributed by atoms with E-state index in [1.54, 1.807) is 0 Å². The first-order valence-corrected chi connectivity index (χ1v) is 9.11. The first-order valence-electron chi connectivity index (χ1n) is 7.21. The van der Waals surface area contributed by atoms with Crippen LogP contribution in [0.25, 0.3) is 0 Å². The summed E-state index contributed by atoms with van der Waals surface area (Å²) in [5.41, 5.74) is 0.889. The van der Waals surface area contributed by atoms with E-state index in [1.165, 1.54) is 12.1 Å². The van der Waals surface area contributed by atoms with Crippen LogP contribution in [0, 0.1) is 10.1 Å². The van der Waals surface area contributed by atoms with Gasteiger partial charge in [-0.25, -0.2) is 8.42 Å². The van der Waals surface area contributed by atoms with Gasteiger partial charge in [-0.05, 0) is 11.6 Å². The average molecular weight is 350 g/mol. The van der Waals surface area contributed by atoms with E-state index in [0.717, 1.165) is 17.9 Å². The van der Waals surface area contributed by atoms with Crippen molar-refractivity contribution < 1.29 is 18.4 Å². The zero-order chi connectivity index (χ0) is 17.7. The Labute approximate surface area is 140 Å². The van der Waals surface area contributed by atoms with E-state index in [9.17, 15) is 23.6 Å². The molecule has 0 heterocycles. The Balaban J connectivity index is 2.13. The van der Waals surface area contributed by atoms with Gasteiger partial charge in [0.25, 0.3) is 5.69 Å². The summed E-state index contributed by atoms with van der Waals surface area (Å²) in [6.07, 6.45) is 0.669. The fraction of sp³-hybridized carbons (Fsp3) is 0.250. The van der Waals surface area contributed by atoms with Gasteiger partial charge in [-0.1, -0.05) is 30.3 Å². The van der Waals surface area contributed by atoms with Gasteiger partial charge in [0.15, 0.2) is 9.84 Å². The molecule has 0 fully saturated rings. The lowest BCUT2D eigenvalue weighted by Gasteiger charge is -2.15. The molecule has 2 aromatic rings. The molecule has 2 rings (SSSR count). The zero-order valence-corrected chi connectivity index (χ0v) is 13.9. The number of nitro benzene ring substituents is 1. The topological polar surface area (TPSA) is 110 Å². The fourth-order valence-corrected chi connectivity index (χ4v) is 3.14.